The lowest BCUT2D eigenvalue weighted by Crippen LogP contribution is -2.20. The molecule has 0 heterocycles. The highest BCUT2D eigenvalue weighted by Gasteiger charge is 2.28. The van der Waals surface area contributed by atoms with Crippen LogP contribution in [-0.2, 0) is 10.8 Å². The molecule has 0 saturated heterocycles. The smallest absolute Gasteiger partial charge is 0.123 e. The molecule has 0 aliphatic carbocycles. The first-order valence-corrected chi connectivity index (χ1v) is 8.07. The fraction of sp³-hybridized carbons (Fsp3) is 0.550. The second-order valence-electron chi connectivity index (χ2n) is 7.66. The van der Waals surface area contributed by atoms with Crippen LogP contribution in [-0.4, -0.2) is 5.11 Å². The SMILES string of the molecule is CCCCC(C)(C)c1cc(C=CC#N)cc(C(C)(C)C)c1O. The second kappa shape index (κ2) is 7.01. The van der Waals surface area contributed by atoms with E-state index in [1.807, 2.05) is 24.3 Å². The fourth-order valence-corrected chi connectivity index (χ4v) is 2.73. The molecular formula is C20H29NO. The molecule has 0 aliphatic heterocycles. The summed E-state index contributed by atoms with van der Waals surface area (Å²) in [4.78, 5) is 0. The van der Waals surface area contributed by atoms with Crippen molar-refractivity contribution in [3.63, 3.8) is 0 Å². The van der Waals surface area contributed by atoms with Crippen molar-refractivity contribution < 1.29 is 5.11 Å². The van der Waals surface area contributed by atoms with E-state index in [-0.39, 0.29) is 10.8 Å². The van der Waals surface area contributed by atoms with Crippen LogP contribution in [0.5, 0.6) is 5.75 Å². The predicted octanol–water partition coefficient (Wildman–Crippen LogP) is 5.69. The van der Waals surface area contributed by atoms with Gasteiger partial charge in [-0.1, -0.05) is 54.4 Å². The van der Waals surface area contributed by atoms with E-state index in [0.29, 0.717) is 5.75 Å². The molecule has 1 aromatic carbocycles. The molecule has 0 unspecified atom stereocenters. The Morgan fingerprint density at radius 2 is 1.73 bits per heavy atom. The largest absolute Gasteiger partial charge is 0.507 e. The van der Waals surface area contributed by atoms with Gasteiger partial charge in [0.25, 0.3) is 0 Å². The molecule has 0 radical (unpaired) electrons. The lowest BCUT2D eigenvalue weighted by atomic mass is 9.75. The first-order chi connectivity index (χ1) is 10.1. The molecule has 0 spiro atoms. The molecule has 0 atom stereocenters. The Labute approximate surface area is 135 Å². The number of rotatable bonds is 5. The Morgan fingerprint density at radius 3 is 2.23 bits per heavy atom. The van der Waals surface area contributed by atoms with Crippen LogP contribution in [0.3, 0.4) is 0 Å². The summed E-state index contributed by atoms with van der Waals surface area (Å²) in [5, 5.41) is 19.6. The third-order valence-electron chi connectivity index (χ3n) is 4.18. The normalized spacial score (nSPS) is 12.6. The van der Waals surface area contributed by atoms with E-state index in [1.165, 1.54) is 6.08 Å². The zero-order chi connectivity index (χ0) is 17.0. The minimum absolute atomic E-state index is 0.0867. The minimum Gasteiger partial charge on any atom is -0.507 e. The highest BCUT2D eigenvalue weighted by atomic mass is 16.3. The van der Waals surface area contributed by atoms with Crippen molar-refractivity contribution >= 4 is 6.08 Å². The van der Waals surface area contributed by atoms with E-state index in [9.17, 15) is 5.11 Å². The quantitative estimate of drug-likeness (QED) is 0.709. The van der Waals surface area contributed by atoms with Crippen LogP contribution in [0.15, 0.2) is 18.2 Å². The number of phenolic OH excluding ortho intramolecular Hbond substituents is 1. The molecule has 1 rings (SSSR count). The Kier molecular flexibility index (Phi) is 5.83. The van der Waals surface area contributed by atoms with Gasteiger partial charge in [0.05, 0.1) is 6.07 Å². The number of nitrogens with zero attached hydrogens (tertiary/aromatic N) is 1. The lowest BCUT2D eigenvalue weighted by molar-refractivity contribution is 0.397. The molecule has 1 N–H and O–H groups in total. The highest BCUT2D eigenvalue weighted by Crippen LogP contribution is 2.42. The van der Waals surface area contributed by atoms with Crippen molar-refractivity contribution in [2.75, 3.05) is 0 Å². The van der Waals surface area contributed by atoms with Gasteiger partial charge in [-0.25, -0.2) is 0 Å². The number of benzene rings is 1. The van der Waals surface area contributed by atoms with Crippen LogP contribution in [0.25, 0.3) is 6.08 Å². The van der Waals surface area contributed by atoms with Crippen LogP contribution < -0.4 is 0 Å². The number of aromatic hydroxyl groups is 1. The second-order valence-corrected chi connectivity index (χ2v) is 7.66. The van der Waals surface area contributed by atoms with Gasteiger partial charge in [-0.2, -0.15) is 5.26 Å². The first kappa shape index (κ1) is 18.3. The molecule has 0 aromatic heterocycles. The Hall–Kier alpha value is -1.75. The maximum absolute atomic E-state index is 10.8. The maximum atomic E-state index is 10.8. The van der Waals surface area contributed by atoms with Gasteiger partial charge in [0, 0.05) is 17.2 Å². The topological polar surface area (TPSA) is 44.0 Å². The lowest BCUT2D eigenvalue weighted by Gasteiger charge is -2.30. The number of unbranched alkanes of at least 4 members (excludes halogenated alkanes) is 1. The molecule has 2 nitrogen and oxygen atoms in total. The summed E-state index contributed by atoms with van der Waals surface area (Å²) in [7, 11) is 0. The van der Waals surface area contributed by atoms with E-state index in [0.717, 1.165) is 36.0 Å². The van der Waals surface area contributed by atoms with E-state index in [4.69, 9.17) is 5.26 Å². The van der Waals surface area contributed by atoms with Gasteiger partial charge in [0.1, 0.15) is 5.75 Å². The van der Waals surface area contributed by atoms with Gasteiger partial charge in [0.15, 0.2) is 0 Å². The molecule has 0 amide bonds. The Bertz CT molecular complexity index is 583. The number of hydrogen-bond donors (Lipinski definition) is 1. The monoisotopic (exact) mass is 299 g/mol. The van der Waals surface area contributed by atoms with Gasteiger partial charge in [0.2, 0.25) is 0 Å². The van der Waals surface area contributed by atoms with Crippen molar-refractivity contribution in [1.29, 1.82) is 5.26 Å². The summed E-state index contributed by atoms with van der Waals surface area (Å²) >= 11 is 0. The molecule has 120 valence electrons. The number of phenols is 1. The molecule has 0 saturated carbocycles. The molecule has 22 heavy (non-hydrogen) atoms. The van der Waals surface area contributed by atoms with Crippen LogP contribution in [0.1, 0.15) is 77.5 Å². The molecule has 1 aromatic rings. The van der Waals surface area contributed by atoms with Gasteiger partial charge in [-0.3, -0.25) is 0 Å². The van der Waals surface area contributed by atoms with Crippen LogP contribution in [0.4, 0.5) is 0 Å². The van der Waals surface area contributed by atoms with E-state index >= 15 is 0 Å². The van der Waals surface area contributed by atoms with Crippen LogP contribution >= 0.6 is 0 Å². The Morgan fingerprint density at radius 1 is 1.14 bits per heavy atom. The van der Waals surface area contributed by atoms with Crippen LogP contribution in [0, 0.1) is 11.3 Å². The summed E-state index contributed by atoms with van der Waals surface area (Å²) in [6, 6.07) is 6.05. The Balaban J connectivity index is 3.49. The summed E-state index contributed by atoms with van der Waals surface area (Å²) in [6.07, 6.45) is 6.61. The van der Waals surface area contributed by atoms with Gasteiger partial charge in [-0.05, 0) is 41.0 Å². The van der Waals surface area contributed by atoms with Gasteiger partial charge in [-0.15, -0.1) is 0 Å². The third kappa shape index (κ3) is 4.37. The van der Waals surface area contributed by atoms with Crippen molar-refractivity contribution in [3.05, 3.63) is 34.9 Å². The summed E-state index contributed by atoms with van der Waals surface area (Å²) in [6.45, 7) is 12.8. The number of nitriles is 1. The molecule has 0 bridgehead atoms. The fourth-order valence-electron chi connectivity index (χ4n) is 2.73. The standard InChI is InChI=1S/C20H29NO/c1-7-8-11-20(5,6)17-14-15(10-9-12-21)13-16(18(17)22)19(2,3)4/h9-10,13-14,22H,7-8,11H2,1-6H3. The molecule has 2 heteroatoms. The zero-order valence-electron chi connectivity index (χ0n) is 14.8. The first-order valence-electron chi connectivity index (χ1n) is 8.07. The van der Waals surface area contributed by atoms with Crippen molar-refractivity contribution in [2.45, 2.75) is 71.6 Å². The highest BCUT2D eigenvalue weighted by molar-refractivity contribution is 5.60. The molecule has 0 fully saturated rings. The minimum atomic E-state index is -0.143. The van der Waals surface area contributed by atoms with E-state index in [2.05, 4.69) is 41.5 Å². The number of allylic oxidation sites excluding steroid dienone is 1. The third-order valence-corrected chi connectivity index (χ3v) is 4.18. The van der Waals surface area contributed by atoms with Crippen molar-refractivity contribution in [3.8, 4) is 11.8 Å². The summed E-state index contributed by atoms with van der Waals surface area (Å²) in [5.41, 5.74) is 2.66. The molecule has 0 aliphatic rings. The van der Waals surface area contributed by atoms with E-state index < -0.39 is 0 Å². The maximum Gasteiger partial charge on any atom is 0.123 e. The molecular weight excluding hydrogens is 270 g/mol. The van der Waals surface area contributed by atoms with E-state index in [1.54, 1.807) is 0 Å². The van der Waals surface area contributed by atoms with Crippen LogP contribution in [0.2, 0.25) is 0 Å². The number of hydrogen-bond acceptors (Lipinski definition) is 2. The van der Waals surface area contributed by atoms with Gasteiger partial charge < -0.3 is 5.11 Å². The van der Waals surface area contributed by atoms with Gasteiger partial charge >= 0.3 is 0 Å². The average molecular weight is 299 g/mol. The van der Waals surface area contributed by atoms with Crippen molar-refractivity contribution in [1.82, 2.24) is 0 Å². The van der Waals surface area contributed by atoms with Crippen molar-refractivity contribution in [2.24, 2.45) is 0 Å². The zero-order valence-corrected chi connectivity index (χ0v) is 14.8. The summed E-state index contributed by atoms with van der Waals surface area (Å²) in [5.74, 6) is 0.405. The summed E-state index contributed by atoms with van der Waals surface area (Å²) < 4.78 is 0. The average Bonchev–Trinajstić information content (AvgIpc) is 2.42. The predicted molar refractivity (Wildman–Crippen MR) is 94.0 cm³/mol.